The quantitative estimate of drug-likeness (QED) is 0.633. The Morgan fingerprint density at radius 3 is 3.23 bits per heavy atom. The van der Waals surface area contributed by atoms with Crippen LogP contribution in [0.15, 0.2) is 11.1 Å². The highest BCUT2D eigenvalue weighted by atomic mass is 16.1. The number of aromatic amines is 1. The third-order valence-electron chi connectivity index (χ3n) is 2.44. The molecule has 0 saturated carbocycles. The van der Waals surface area contributed by atoms with Crippen LogP contribution in [-0.4, -0.2) is 16.3 Å². The monoisotopic (exact) mass is 178 g/mol. The molecule has 68 valence electrons. The van der Waals surface area contributed by atoms with Gasteiger partial charge in [0.2, 0.25) is 0 Å². The number of carbonyl (C=O) groups excluding carboxylic acids is 1. The fourth-order valence-corrected chi connectivity index (χ4v) is 1.80. The average molecular weight is 178 g/mol. The van der Waals surface area contributed by atoms with Crippen LogP contribution in [-0.2, 0) is 11.2 Å². The molecule has 1 heterocycles. The Morgan fingerprint density at radius 2 is 2.46 bits per heavy atom. The van der Waals surface area contributed by atoms with E-state index in [0.29, 0.717) is 5.56 Å². The van der Waals surface area contributed by atoms with Crippen molar-refractivity contribution < 1.29 is 4.79 Å². The van der Waals surface area contributed by atoms with E-state index >= 15 is 0 Å². The predicted molar refractivity (Wildman–Crippen MR) is 46.6 cm³/mol. The number of aryl methyl sites for hydroxylation is 1. The number of nitrogens with one attached hydrogen (secondary N) is 1. The summed E-state index contributed by atoms with van der Waals surface area (Å²) in [5.41, 5.74) is 1.19. The van der Waals surface area contributed by atoms with Gasteiger partial charge in [0.05, 0.1) is 12.0 Å². The molecule has 1 aliphatic carbocycles. The molecule has 0 aliphatic heterocycles. The zero-order chi connectivity index (χ0) is 9.26. The van der Waals surface area contributed by atoms with Crippen LogP contribution < -0.4 is 5.56 Å². The SMILES string of the molecule is O=CC1CCCc2nc[nH]c(=O)c21. The van der Waals surface area contributed by atoms with Crippen molar-refractivity contribution in [2.75, 3.05) is 0 Å². The average Bonchev–Trinajstić information content (AvgIpc) is 2.17. The first kappa shape index (κ1) is 8.16. The molecule has 4 heteroatoms. The Bertz CT molecular complexity index is 383. The summed E-state index contributed by atoms with van der Waals surface area (Å²) in [6, 6.07) is 0. The number of H-pyrrole nitrogens is 1. The van der Waals surface area contributed by atoms with Crippen molar-refractivity contribution in [2.24, 2.45) is 0 Å². The zero-order valence-corrected chi connectivity index (χ0v) is 7.12. The highest BCUT2D eigenvalue weighted by Crippen LogP contribution is 2.25. The number of hydrogen-bond acceptors (Lipinski definition) is 3. The molecule has 1 unspecified atom stereocenters. The second-order valence-corrected chi connectivity index (χ2v) is 3.23. The van der Waals surface area contributed by atoms with Crippen molar-refractivity contribution in [1.29, 1.82) is 0 Å². The topological polar surface area (TPSA) is 62.8 Å². The molecule has 4 nitrogen and oxygen atoms in total. The summed E-state index contributed by atoms with van der Waals surface area (Å²) >= 11 is 0. The molecule has 1 aromatic rings. The van der Waals surface area contributed by atoms with Crippen molar-refractivity contribution in [2.45, 2.75) is 25.2 Å². The molecule has 0 aromatic carbocycles. The highest BCUT2D eigenvalue weighted by molar-refractivity contribution is 5.63. The fourth-order valence-electron chi connectivity index (χ4n) is 1.80. The van der Waals surface area contributed by atoms with Gasteiger partial charge in [-0.3, -0.25) is 4.79 Å². The summed E-state index contributed by atoms with van der Waals surface area (Å²) in [7, 11) is 0. The predicted octanol–water partition coefficient (Wildman–Crippen LogP) is 0.389. The first-order chi connectivity index (χ1) is 6.33. The molecule has 2 rings (SSSR count). The Labute approximate surface area is 75.0 Å². The molecule has 0 amide bonds. The molecular formula is C9H10N2O2. The fraction of sp³-hybridized carbons (Fsp3) is 0.444. The summed E-state index contributed by atoms with van der Waals surface area (Å²) in [6.07, 6.45) is 4.75. The summed E-state index contributed by atoms with van der Waals surface area (Å²) < 4.78 is 0. The number of aromatic nitrogens is 2. The molecule has 13 heavy (non-hydrogen) atoms. The smallest absolute Gasteiger partial charge is 0.254 e. The van der Waals surface area contributed by atoms with Crippen LogP contribution in [0.1, 0.15) is 30.0 Å². The maximum atomic E-state index is 11.4. The number of hydrogen-bond donors (Lipinski definition) is 1. The van der Waals surface area contributed by atoms with Gasteiger partial charge in [-0.1, -0.05) is 0 Å². The van der Waals surface area contributed by atoms with E-state index in [1.807, 2.05) is 0 Å². The van der Waals surface area contributed by atoms with Crippen molar-refractivity contribution >= 4 is 6.29 Å². The van der Waals surface area contributed by atoms with Crippen molar-refractivity contribution in [3.63, 3.8) is 0 Å². The lowest BCUT2D eigenvalue weighted by Gasteiger charge is -2.18. The van der Waals surface area contributed by atoms with Crippen molar-refractivity contribution in [1.82, 2.24) is 9.97 Å². The van der Waals surface area contributed by atoms with Gasteiger partial charge in [-0.2, -0.15) is 0 Å². The van der Waals surface area contributed by atoms with Gasteiger partial charge in [0.15, 0.2) is 0 Å². The number of nitrogens with zero attached hydrogens (tertiary/aromatic N) is 1. The largest absolute Gasteiger partial charge is 0.313 e. The van der Waals surface area contributed by atoms with Crippen LogP contribution in [0.3, 0.4) is 0 Å². The molecule has 0 saturated heterocycles. The second-order valence-electron chi connectivity index (χ2n) is 3.23. The molecule has 0 fully saturated rings. The van der Waals surface area contributed by atoms with E-state index < -0.39 is 0 Å². The maximum Gasteiger partial charge on any atom is 0.254 e. The van der Waals surface area contributed by atoms with Crippen LogP contribution in [0, 0.1) is 0 Å². The summed E-state index contributed by atoms with van der Waals surface area (Å²) in [5, 5.41) is 0. The van der Waals surface area contributed by atoms with Gasteiger partial charge in [-0.15, -0.1) is 0 Å². The molecular weight excluding hydrogens is 168 g/mol. The number of aldehydes is 1. The summed E-state index contributed by atoms with van der Waals surface area (Å²) in [4.78, 5) is 28.6. The molecule has 1 aromatic heterocycles. The van der Waals surface area contributed by atoms with Crippen molar-refractivity contribution in [3.8, 4) is 0 Å². The summed E-state index contributed by atoms with van der Waals surface area (Å²) in [6.45, 7) is 0. The zero-order valence-electron chi connectivity index (χ0n) is 7.12. The number of carbonyl (C=O) groups is 1. The number of rotatable bonds is 1. The molecule has 1 atom stereocenters. The van der Waals surface area contributed by atoms with Crippen LogP contribution in [0.5, 0.6) is 0 Å². The van der Waals surface area contributed by atoms with Gasteiger partial charge < -0.3 is 9.78 Å². The lowest BCUT2D eigenvalue weighted by Crippen LogP contribution is -2.24. The minimum Gasteiger partial charge on any atom is -0.313 e. The molecule has 0 radical (unpaired) electrons. The Kier molecular flexibility index (Phi) is 1.96. The van der Waals surface area contributed by atoms with Gasteiger partial charge in [0.1, 0.15) is 6.29 Å². The van der Waals surface area contributed by atoms with E-state index in [9.17, 15) is 9.59 Å². The van der Waals surface area contributed by atoms with E-state index in [2.05, 4.69) is 9.97 Å². The lowest BCUT2D eigenvalue weighted by molar-refractivity contribution is -0.109. The van der Waals surface area contributed by atoms with Crippen LogP contribution in [0.2, 0.25) is 0 Å². The maximum absolute atomic E-state index is 11.4. The minimum absolute atomic E-state index is 0.165. The molecule has 0 spiro atoms. The van der Waals surface area contributed by atoms with Crippen molar-refractivity contribution in [3.05, 3.63) is 27.9 Å². The van der Waals surface area contributed by atoms with Gasteiger partial charge in [-0.05, 0) is 19.3 Å². The van der Waals surface area contributed by atoms with Crippen LogP contribution in [0.4, 0.5) is 0 Å². The summed E-state index contributed by atoms with van der Waals surface area (Å²) in [5.74, 6) is -0.249. The van der Waals surface area contributed by atoms with E-state index in [1.165, 1.54) is 6.33 Å². The standard InChI is InChI=1S/C9H10N2O2/c12-4-6-2-1-3-7-8(6)9(13)11-5-10-7/h4-6H,1-3H2,(H,10,11,13). The highest BCUT2D eigenvalue weighted by Gasteiger charge is 2.23. The minimum atomic E-state index is -0.249. The van der Waals surface area contributed by atoms with E-state index in [1.54, 1.807) is 0 Å². The first-order valence-corrected chi connectivity index (χ1v) is 4.34. The molecule has 1 aliphatic rings. The number of fused-ring (bicyclic) bond motifs is 1. The van der Waals surface area contributed by atoms with E-state index in [0.717, 1.165) is 31.2 Å². The molecule has 1 N–H and O–H groups in total. The third kappa shape index (κ3) is 1.28. The third-order valence-corrected chi connectivity index (χ3v) is 2.44. The van der Waals surface area contributed by atoms with Gasteiger partial charge in [0, 0.05) is 11.5 Å². The van der Waals surface area contributed by atoms with Gasteiger partial charge in [0.25, 0.3) is 5.56 Å². The Morgan fingerprint density at radius 1 is 1.62 bits per heavy atom. The molecule has 0 bridgehead atoms. The van der Waals surface area contributed by atoms with Gasteiger partial charge >= 0.3 is 0 Å². The normalized spacial score (nSPS) is 20.8. The first-order valence-electron chi connectivity index (χ1n) is 4.34. The second kappa shape index (κ2) is 3.12. The Balaban J connectivity index is 2.59. The van der Waals surface area contributed by atoms with Gasteiger partial charge in [-0.25, -0.2) is 4.98 Å². The lowest BCUT2D eigenvalue weighted by atomic mass is 9.87. The van der Waals surface area contributed by atoms with Crippen LogP contribution in [0.25, 0.3) is 0 Å². The van der Waals surface area contributed by atoms with E-state index in [4.69, 9.17) is 0 Å². The Hall–Kier alpha value is -1.45. The van der Waals surface area contributed by atoms with Crippen LogP contribution >= 0.6 is 0 Å². The van der Waals surface area contributed by atoms with E-state index in [-0.39, 0.29) is 11.5 Å².